The number of fused-ring (bicyclic) bond motifs is 1. The van der Waals surface area contributed by atoms with Crippen molar-refractivity contribution in [3.05, 3.63) is 121 Å². The second-order valence-corrected chi connectivity index (χ2v) is 8.75. The van der Waals surface area contributed by atoms with E-state index in [9.17, 15) is 0 Å². The first-order valence-electron chi connectivity index (χ1n) is 11.8. The van der Waals surface area contributed by atoms with Crippen LogP contribution in [0.1, 0.15) is 17.5 Å². The molecule has 0 bridgehead atoms. The molecule has 174 valence electrons. The number of benzene rings is 3. The molecule has 1 aromatic heterocycles. The Morgan fingerprint density at radius 1 is 0.886 bits per heavy atom. The monoisotopic (exact) mass is 477 g/mol. The normalized spacial score (nSPS) is 12.7. The molecular formula is C30H27N3OS. The van der Waals surface area contributed by atoms with Crippen LogP contribution < -0.4 is 4.90 Å². The molecule has 4 nitrogen and oxygen atoms in total. The van der Waals surface area contributed by atoms with Gasteiger partial charge in [-0.05, 0) is 40.5 Å². The number of anilines is 1. The number of hydrogen-bond acceptors (Lipinski definition) is 5. The van der Waals surface area contributed by atoms with Crippen LogP contribution in [-0.4, -0.2) is 28.5 Å². The fraction of sp³-hybridized carbons (Fsp3) is 0.133. The first kappa shape index (κ1) is 22.8. The zero-order valence-electron chi connectivity index (χ0n) is 19.5. The van der Waals surface area contributed by atoms with Crippen molar-refractivity contribution in [2.24, 2.45) is 0 Å². The van der Waals surface area contributed by atoms with E-state index in [0.29, 0.717) is 0 Å². The molecule has 5 rings (SSSR count). The topological polar surface area (TPSA) is 32.5 Å². The van der Waals surface area contributed by atoms with Gasteiger partial charge in [0.25, 0.3) is 0 Å². The lowest BCUT2D eigenvalue weighted by Crippen LogP contribution is -2.26. The molecule has 35 heavy (non-hydrogen) atoms. The van der Waals surface area contributed by atoms with Gasteiger partial charge in [0.15, 0.2) is 0 Å². The van der Waals surface area contributed by atoms with Crippen LogP contribution in [0.15, 0.2) is 114 Å². The predicted molar refractivity (Wildman–Crippen MR) is 148 cm³/mol. The molecule has 0 N–H and O–H groups in total. The molecule has 0 fully saturated rings. The van der Waals surface area contributed by atoms with Gasteiger partial charge in [-0.15, -0.1) is 0 Å². The molecule has 0 spiro atoms. The van der Waals surface area contributed by atoms with Gasteiger partial charge in [0.1, 0.15) is 5.69 Å². The molecular weight excluding hydrogens is 450 g/mol. The van der Waals surface area contributed by atoms with Crippen molar-refractivity contribution in [2.75, 3.05) is 18.0 Å². The third kappa shape index (κ3) is 5.58. The molecule has 0 saturated heterocycles. The summed E-state index contributed by atoms with van der Waals surface area (Å²) in [7, 11) is 0. The van der Waals surface area contributed by atoms with Crippen molar-refractivity contribution >= 4 is 34.2 Å². The van der Waals surface area contributed by atoms with Gasteiger partial charge in [0, 0.05) is 49.0 Å². The largest absolute Gasteiger partial charge is 0.354 e. The van der Waals surface area contributed by atoms with Crippen molar-refractivity contribution in [3.8, 4) is 11.3 Å². The average molecular weight is 478 g/mol. The minimum atomic E-state index is 0.743. The smallest absolute Gasteiger partial charge is 0.228 e. The van der Waals surface area contributed by atoms with E-state index >= 15 is 0 Å². The van der Waals surface area contributed by atoms with Gasteiger partial charge >= 0.3 is 0 Å². The molecule has 0 atom stereocenters. The fourth-order valence-electron chi connectivity index (χ4n) is 4.28. The van der Waals surface area contributed by atoms with Crippen molar-refractivity contribution in [1.82, 2.24) is 10.1 Å². The zero-order valence-corrected chi connectivity index (χ0v) is 20.3. The number of hydrogen-bond donors (Lipinski definition) is 0. The van der Waals surface area contributed by atoms with Crippen LogP contribution in [0.25, 0.3) is 22.0 Å². The molecule has 1 aliphatic heterocycles. The maximum atomic E-state index is 5.88. The quantitative estimate of drug-likeness (QED) is 0.239. The molecule has 0 saturated carbocycles. The van der Waals surface area contributed by atoms with Crippen LogP contribution in [0.3, 0.4) is 0 Å². The summed E-state index contributed by atoms with van der Waals surface area (Å²) < 4.78 is 5.88. The maximum absolute atomic E-state index is 5.88. The van der Waals surface area contributed by atoms with Gasteiger partial charge in [-0.2, -0.15) is 0 Å². The van der Waals surface area contributed by atoms with Crippen molar-refractivity contribution < 1.29 is 4.52 Å². The van der Waals surface area contributed by atoms with E-state index in [4.69, 9.17) is 16.7 Å². The lowest BCUT2D eigenvalue weighted by molar-refractivity contribution is 0.411. The van der Waals surface area contributed by atoms with Crippen LogP contribution in [0.5, 0.6) is 0 Å². The highest BCUT2D eigenvalue weighted by atomic mass is 32.1. The van der Waals surface area contributed by atoms with E-state index < -0.39 is 0 Å². The number of nitrogens with zero attached hydrogens (tertiary/aromatic N) is 3. The summed E-state index contributed by atoms with van der Waals surface area (Å²) >= 11 is 5.03. The Labute approximate surface area is 211 Å². The highest BCUT2D eigenvalue weighted by Gasteiger charge is 2.16. The molecule has 0 amide bonds. The number of thiocarbonyl (C=S) groups is 1. The second kappa shape index (κ2) is 11.0. The Morgan fingerprint density at radius 3 is 2.46 bits per heavy atom. The van der Waals surface area contributed by atoms with E-state index in [2.05, 4.69) is 82.0 Å². The first-order chi connectivity index (χ1) is 17.3. The van der Waals surface area contributed by atoms with E-state index in [1.54, 1.807) is 5.37 Å². The molecule has 0 aliphatic carbocycles. The summed E-state index contributed by atoms with van der Waals surface area (Å²) in [4.78, 5) is 4.49. The van der Waals surface area contributed by atoms with Crippen molar-refractivity contribution in [2.45, 2.75) is 13.0 Å². The van der Waals surface area contributed by atoms with Crippen LogP contribution in [0.4, 0.5) is 5.88 Å². The van der Waals surface area contributed by atoms with E-state index in [-0.39, 0.29) is 0 Å². The first-order valence-corrected chi connectivity index (χ1v) is 12.3. The Morgan fingerprint density at radius 2 is 1.66 bits per heavy atom. The summed E-state index contributed by atoms with van der Waals surface area (Å²) in [5.41, 5.74) is 4.11. The van der Waals surface area contributed by atoms with Crippen LogP contribution in [-0.2, 0) is 6.54 Å². The standard InChI is InChI=1S/C30H27N3OS/c35-23-24-13-15-26(16-14-24)29-21-30(34-31-29)33(20-8-19-32-17-5-1-2-6-18-32)22-27-11-7-10-25-9-3-4-12-28(25)27/h1-7,9-18,21,23H,8,19-20,22H2. The summed E-state index contributed by atoms with van der Waals surface area (Å²) in [6.45, 7) is 2.50. The van der Waals surface area contributed by atoms with Gasteiger partial charge in [-0.3, -0.25) is 0 Å². The van der Waals surface area contributed by atoms with E-state index in [0.717, 1.165) is 48.8 Å². The Bertz CT molecular complexity index is 1360. The molecule has 4 aromatic rings. The van der Waals surface area contributed by atoms with Crippen LogP contribution in [0, 0.1) is 0 Å². The van der Waals surface area contributed by atoms with E-state index in [1.165, 1.54) is 16.3 Å². The van der Waals surface area contributed by atoms with Gasteiger partial charge in [0.2, 0.25) is 5.88 Å². The van der Waals surface area contributed by atoms with Gasteiger partial charge in [0.05, 0.1) is 0 Å². The second-order valence-electron chi connectivity index (χ2n) is 8.51. The van der Waals surface area contributed by atoms with Gasteiger partial charge < -0.3 is 14.3 Å². The molecule has 1 aliphatic rings. The minimum absolute atomic E-state index is 0.743. The lowest BCUT2D eigenvalue weighted by Gasteiger charge is -2.24. The lowest BCUT2D eigenvalue weighted by atomic mass is 10.0. The highest BCUT2D eigenvalue weighted by Crippen LogP contribution is 2.28. The molecule has 2 heterocycles. The van der Waals surface area contributed by atoms with Crippen LogP contribution >= 0.6 is 12.2 Å². The molecule has 5 heteroatoms. The minimum Gasteiger partial charge on any atom is -0.354 e. The average Bonchev–Trinajstić information content (AvgIpc) is 3.25. The summed E-state index contributed by atoms with van der Waals surface area (Å²) in [6.07, 6.45) is 13.4. The third-order valence-electron chi connectivity index (χ3n) is 6.13. The maximum Gasteiger partial charge on any atom is 0.228 e. The zero-order chi connectivity index (χ0) is 23.9. The summed E-state index contributed by atoms with van der Waals surface area (Å²) in [5, 5.41) is 8.57. The molecule has 0 unspecified atom stereocenters. The van der Waals surface area contributed by atoms with Crippen LogP contribution in [0.2, 0.25) is 0 Å². The van der Waals surface area contributed by atoms with Gasteiger partial charge in [-0.25, -0.2) is 0 Å². The number of rotatable bonds is 9. The Hall–Kier alpha value is -3.96. The van der Waals surface area contributed by atoms with E-state index in [1.807, 2.05) is 42.5 Å². The van der Waals surface area contributed by atoms with Gasteiger partial charge in [-0.1, -0.05) is 96.3 Å². The number of aromatic nitrogens is 1. The highest BCUT2D eigenvalue weighted by molar-refractivity contribution is 7.79. The summed E-state index contributed by atoms with van der Waals surface area (Å²) in [6, 6.07) is 25.1. The molecule has 3 aromatic carbocycles. The third-order valence-corrected chi connectivity index (χ3v) is 6.40. The Kier molecular flexibility index (Phi) is 7.16. The van der Waals surface area contributed by atoms with Crippen molar-refractivity contribution in [3.63, 3.8) is 0 Å². The predicted octanol–water partition coefficient (Wildman–Crippen LogP) is 7.14. The summed E-state index contributed by atoms with van der Waals surface area (Å²) in [5.74, 6) is 0.774. The fourth-order valence-corrected chi connectivity index (χ4v) is 4.44. The number of allylic oxidation sites excluding steroid dienone is 4. The van der Waals surface area contributed by atoms with Crippen molar-refractivity contribution in [1.29, 1.82) is 0 Å². The Balaban J connectivity index is 1.39. The SMILES string of the molecule is S=Cc1ccc(-c2cc(N(CCCN3C=CC=CC=C3)Cc3cccc4ccccc34)on2)cc1. The molecule has 0 radical (unpaired) electrons.